The van der Waals surface area contributed by atoms with E-state index in [0.717, 1.165) is 23.0 Å². The normalized spacial score (nSPS) is 11.0. The van der Waals surface area contributed by atoms with Crippen LogP contribution in [0.5, 0.6) is 0 Å². The molecule has 5 heteroatoms. The summed E-state index contributed by atoms with van der Waals surface area (Å²) in [5, 5.41) is 11.9. The van der Waals surface area contributed by atoms with Crippen molar-refractivity contribution >= 4 is 23.0 Å². The number of nitrogens with zero attached hydrogens (tertiary/aromatic N) is 4. The van der Waals surface area contributed by atoms with Gasteiger partial charge in [0.05, 0.1) is 26.5 Å². The molecule has 0 fully saturated rings. The molecule has 3 aromatic rings. The van der Waals surface area contributed by atoms with Crippen LogP contribution in [-0.2, 0) is 14.1 Å². The molecule has 3 rings (SSSR count). The molecule has 22 heavy (non-hydrogen) atoms. The quantitative estimate of drug-likeness (QED) is 0.573. The molecule has 110 valence electrons. The molecule has 0 unspecified atom stereocenters. The minimum Gasteiger partial charge on any atom is -0.356 e. The second-order valence-electron chi connectivity index (χ2n) is 5.06. The summed E-state index contributed by atoms with van der Waals surface area (Å²) in [6.45, 7) is 0. The van der Waals surface area contributed by atoms with E-state index in [1.165, 1.54) is 0 Å². The molecule has 0 aliphatic heterocycles. The Bertz CT molecular complexity index is 753. The SMILES string of the molecule is Cn1cc[n+](C)c1N=Nc1ccc(Nc2ccccc2)cc1. The zero-order chi connectivity index (χ0) is 15.4. The van der Waals surface area contributed by atoms with Crippen molar-refractivity contribution in [1.29, 1.82) is 0 Å². The van der Waals surface area contributed by atoms with Gasteiger partial charge < -0.3 is 5.32 Å². The first-order chi connectivity index (χ1) is 10.7. The Morgan fingerprint density at radius 1 is 0.909 bits per heavy atom. The number of aryl methyl sites for hydroxylation is 2. The molecule has 1 heterocycles. The van der Waals surface area contributed by atoms with E-state index in [4.69, 9.17) is 0 Å². The second-order valence-corrected chi connectivity index (χ2v) is 5.06. The van der Waals surface area contributed by atoms with Crippen LogP contribution in [0.2, 0.25) is 0 Å². The Morgan fingerprint density at radius 2 is 1.59 bits per heavy atom. The predicted octanol–water partition coefficient (Wildman–Crippen LogP) is 4.01. The molecule has 1 aromatic heterocycles. The number of imidazole rings is 1. The lowest BCUT2D eigenvalue weighted by Gasteiger charge is -2.05. The average Bonchev–Trinajstić information content (AvgIpc) is 2.86. The highest BCUT2D eigenvalue weighted by molar-refractivity contribution is 5.61. The fourth-order valence-corrected chi connectivity index (χ4v) is 2.13. The first-order valence-corrected chi connectivity index (χ1v) is 7.07. The maximum absolute atomic E-state index is 4.28. The van der Waals surface area contributed by atoms with Crippen LogP contribution in [0.4, 0.5) is 23.0 Å². The van der Waals surface area contributed by atoms with Crippen molar-refractivity contribution < 1.29 is 4.57 Å². The van der Waals surface area contributed by atoms with Gasteiger partial charge in [0.15, 0.2) is 0 Å². The van der Waals surface area contributed by atoms with E-state index in [1.807, 2.05) is 90.2 Å². The Hall–Kier alpha value is -2.95. The molecule has 0 saturated heterocycles. The number of hydrogen-bond donors (Lipinski definition) is 1. The molecule has 5 nitrogen and oxygen atoms in total. The number of rotatable bonds is 4. The highest BCUT2D eigenvalue weighted by atomic mass is 15.3. The van der Waals surface area contributed by atoms with Crippen molar-refractivity contribution in [2.45, 2.75) is 0 Å². The minimum atomic E-state index is 0.798. The highest BCUT2D eigenvalue weighted by Gasteiger charge is 2.10. The van der Waals surface area contributed by atoms with Gasteiger partial charge >= 0.3 is 5.95 Å². The maximum Gasteiger partial charge on any atom is 0.421 e. The second kappa shape index (κ2) is 6.22. The topological polar surface area (TPSA) is 45.6 Å². The van der Waals surface area contributed by atoms with E-state index < -0.39 is 0 Å². The number of benzene rings is 2. The zero-order valence-electron chi connectivity index (χ0n) is 12.6. The summed E-state index contributed by atoms with van der Waals surface area (Å²) in [5.74, 6) is 0.798. The summed E-state index contributed by atoms with van der Waals surface area (Å²) in [4.78, 5) is 0. The summed E-state index contributed by atoms with van der Waals surface area (Å²) in [6.07, 6.45) is 3.89. The van der Waals surface area contributed by atoms with Crippen LogP contribution in [0, 0.1) is 0 Å². The summed E-state index contributed by atoms with van der Waals surface area (Å²) in [6, 6.07) is 17.9. The zero-order valence-corrected chi connectivity index (χ0v) is 12.6. The number of nitrogens with one attached hydrogen (secondary N) is 1. The van der Waals surface area contributed by atoms with E-state index in [1.54, 1.807) is 0 Å². The van der Waals surface area contributed by atoms with E-state index in [2.05, 4.69) is 15.5 Å². The third kappa shape index (κ3) is 3.20. The highest BCUT2D eigenvalue weighted by Crippen LogP contribution is 2.21. The van der Waals surface area contributed by atoms with Gasteiger partial charge in [-0.25, -0.2) is 9.13 Å². The van der Waals surface area contributed by atoms with Gasteiger partial charge in [0.2, 0.25) is 0 Å². The number of anilines is 2. The Morgan fingerprint density at radius 3 is 2.23 bits per heavy atom. The van der Waals surface area contributed by atoms with Gasteiger partial charge in [-0.05, 0) is 36.4 Å². The van der Waals surface area contributed by atoms with Gasteiger partial charge in [-0.3, -0.25) is 0 Å². The third-order valence-corrected chi connectivity index (χ3v) is 3.33. The van der Waals surface area contributed by atoms with Crippen LogP contribution in [0.15, 0.2) is 77.2 Å². The fourth-order valence-electron chi connectivity index (χ4n) is 2.13. The van der Waals surface area contributed by atoms with Crippen LogP contribution >= 0.6 is 0 Å². The van der Waals surface area contributed by atoms with Crippen molar-refractivity contribution in [3.63, 3.8) is 0 Å². The minimum absolute atomic E-state index is 0.798. The van der Waals surface area contributed by atoms with Gasteiger partial charge in [0.1, 0.15) is 5.69 Å². The van der Waals surface area contributed by atoms with Gasteiger partial charge in [-0.2, -0.15) is 0 Å². The van der Waals surface area contributed by atoms with E-state index >= 15 is 0 Å². The number of hydrogen-bond acceptors (Lipinski definition) is 3. The average molecular weight is 292 g/mol. The van der Waals surface area contributed by atoms with Crippen molar-refractivity contribution in [2.75, 3.05) is 5.32 Å². The standard InChI is InChI=1S/C17H17N5/c1-21-12-13-22(2)17(21)20-19-16-10-8-15(9-11-16)18-14-6-4-3-5-7-14/h3-13H,1-2H3/p+1. The largest absolute Gasteiger partial charge is 0.421 e. The number of aromatic nitrogens is 2. The molecule has 0 aliphatic rings. The lowest BCUT2D eigenvalue weighted by Crippen LogP contribution is -2.25. The number of para-hydroxylation sites is 1. The van der Waals surface area contributed by atoms with Crippen molar-refractivity contribution in [2.24, 2.45) is 24.3 Å². The lowest BCUT2D eigenvalue weighted by atomic mass is 10.2. The van der Waals surface area contributed by atoms with Crippen molar-refractivity contribution in [3.8, 4) is 0 Å². The molecule has 0 spiro atoms. The molecular weight excluding hydrogens is 274 g/mol. The van der Waals surface area contributed by atoms with Crippen LogP contribution < -0.4 is 9.88 Å². The van der Waals surface area contributed by atoms with Crippen molar-refractivity contribution in [3.05, 3.63) is 67.0 Å². The summed E-state index contributed by atoms with van der Waals surface area (Å²) < 4.78 is 3.85. The molecule has 0 radical (unpaired) electrons. The van der Waals surface area contributed by atoms with Gasteiger partial charge in [-0.15, -0.1) is 0 Å². The van der Waals surface area contributed by atoms with E-state index in [9.17, 15) is 0 Å². The molecule has 0 bridgehead atoms. The summed E-state index contributed by atoms with van der Waals surface area (Å²) in [7, 11) is 3.89. The Labute approximate surface area is 129 Å². The molecule has 0 amide bonds. The first-order valence-electron chi connectivity index (χ1n) is 7.07. The van der Waals surface area contributed by atoms with Crippen LogP contribution in [-0.4, -0.2) is 4.57 Å². The molecular formula is C17H18N5+. The summed E-state index contributed by atoms with van der Waals surface area (Å²) in [5.41, 5.74) is 2.90. The Balaban J connectivity index is 1.72. The van der Waals surface area contributed by atoms with Crippen LogP contribution in [0.25, 0.3) is 0 Å². The molecule has 0 saturated carbocycles. The molecule has 2 aromatic carbocycles. The smallest absolute Gasteiger partial charge is 0.356 e. The number of azo groups is 1. The third-order valence-electron chi connectivity index (χ3n) is 3.33. The predicted molar refractivity (Wildman–Crippen MR) is 86.9 cm³/mol. The van der Waals surface area contributed by atoms with E-state index in [-0.39, 0.29) is 0 Å². The molecule has 1 N–H and O–H groups in total. The monoisotopic (exact) mass is 292 g/mol. The van der Waals surface area contributed by atoms with Crippen molar-refractivity contribution in [1.82, 2.24) is 4.57 Å². The lowest BCUT2D eigenvalue weighted by molar-refractivity contribution is -0.657. The maximum atomic E-state index is 4.28. The summed E-state index contributed by atoms with van der Waals surface area (Å²) >= 11 is 0. The van der Waals surface area contributed by atoms with Gasteiger partial charge in [0, 0.05) is 16.5 Å². The molecule has 0 atom stereocenters. The van der Waals surface area contributed by atoms with E-state index in [0.29, 0.717) is 0 Å². The fraction of sp³-hybridized carbons (Fsp3) is 0.118. The molecule has 0 aliphatic carbocycles. The van der Waals surface area contributed by atoms with Crippen LogP contribution in [0.1, 0.15) is 0 Å². The van der Waals surface area contributed by atoms with Crippen LogP contribution in [0.3, 0.4) is 0 Å². The first kappa shape index (κ1) is 14.0. The Kier molecular flexibility index (Phi) is 3.96. The van der Waals surface area contributed by atoms with Gasteiger partial charge in [0.25, 0.3) is 0 Å². The van der Waals surface area contributed by atoms with Gasteiger partial charge in [-0.1, -0.05) is 23.3 Å².